The summed E-state index contributed by atoms with van der Waals surface area (Å²) in [6.45, 7) is 1.33. The molecule has 1 unspecified atom stereocenters. The van der Waals surface area contributed by atoms with Crippen LogP contribution in [0.4, 0.5) is 4.39 Å². The Kier molecular flexibility index (Phi) is 4.47. The van der Waals surface area contributed by atoms with Gasteiger partial charge in [0.2, 0.25) is 11.7 Å². The zero-order valence-corrected chi connectivity index (χ0v) is 16.2. The number of thiophene rings is 1. The number of carbonyl (C=O) groups excluding carboxylic acids is 1. The van der Waals surface area contributed by atoms with Gasteiger partial charge in [-0.2, -0.15) is 4.98 Å². The Morgan fingerprint density at radius 3 is 3.04 bits per heavy atom. The Hall–Kier alpha value is -2.54. The number of fused-ring (bicyclic) bond motifs is 1. The Morgan fingerprint density at radius 2 is 2.18 bits per heavy atom. The molecule has 0 N–H and O–H groups in total. The van der Waals surface area contributed by atoms with E-state index in [1.807, 2.05) is 4.90 Å². The van der Waals surface area contributed by atoms with E-state index < -0.39 is 0 Å². The number of amides is 1. The van der Waals surface area contributed by atoms with Crippen LogP contribution in [0.2, 0.25) is 0 Å². The molecule has 0 bridgehead atoms. The lowest BCUT2D eigenvalue weighted by atomic mass is 9.97. The number of benzene rings is 1. The Morgan fingerprint density at radius 1 is 1.25 bits per heavy atom. The van der Waals surface area contributed by atoms with Crippen LogP contribution in [0.1, 0.15) is 51.2 Å². The zero-order chi connectivity index (χ0) is 19.1. The van der Waals surface area contributed by atoms with Crippen molar-refractivity contribution >= 4 is 17.2 Å². The molecule has 1 aliphatic heterocycles. The molecule has 0 spiro atoms. The van der Waals surface area contributed by atoms with Crippen LogP contribution in [0.25, 0.3) is 11.4 Å². The minimum Gasteiger partial charge on any atom is -0.339 e. The lowest BCUT2D eigenvalue weighted by molar-refractivity contribution is 0.0700. The topological polar surface area (TPSA) is 59.2 Å². The van der Waals surface area contributed by atoms with Gasteiger partial charge in [-0.25, -0.2) is 4.39 Å². The van der Waals surface area contributed by atoms with Crippen molar-refractivity contribution in [1.82, 2.24) is 15.0 Å². The van der Waals surface area contributed by atoms with Crippen molar-refractivity contribution in [3.8, 4) is 11.4 Å². The monoisotopic (exact) mass is 397 g/mol. The first-order valence-corrected chi connectivity index (χ1v) is 10.5. The van der Waals surface area contributed by atoms with E-state index in [4.69, 9.17) is 4.52 Å². The van der Waals surface area contributed by atoms with Gasteiger partial charge < -0.3 is 9.42 Å². The van der Waals surface area contributed by atoms with Crippen molar-refractivity contribution in [1.29, 1.82) is 0 Å². The van der Waals surface area contributed by atoms with Crippen molar-refractivity contribution in [3.05, 3.63) is 57.4 Å². The number of carbonyl (C=O) groups is 1. The van der Waals surface area contributed by atoms with Crippen LogP contribution in [-0.4, -0.2) is 34.0 Å². The summed E-state index contributed by atoms with van der Waals surface area (Å²) in [5, 5.41) is 4.01. The van der Waals surface area contributed by atoms with Crippen LogP contribution in [0, 0.1) is 5.82 Å². The molecule has 28 heavy (non-hydrogen) atoms. The third kappa shape index (κ3) is 3.24. The van der Waals surface area contributed by atoms with E-state index in [-0.39, 0.29) is 17.6 Å². The van der Waals surface area contributed by atoms with E-state index in [0.717, 1.165) is 37.1 Å². The summed E-state index contributed by atoms with van der Waals surface area (Å²) < 4.78 is 18.9. The van der Waals surface area contributed by atoms with Crippen LogP contribution in [0.3, 0.4) is 0 Å². The molecular weight excluding hydrogens is 377 g/mol. The van der Waals surface area contributed by atoms with Gasteiger partial charge in [0.15, 0.2) is 0 Å². The first kappa shape index (κ1) is 17.6. The predicted molar refractivity (Wildman–Crippen MR) is 104 cm³/mol. The highest BCUT2D eigenvalue weighted by Gasteiger charge is 2.30. The van der Waals surface area contributed by atoms with Gasteiger partial charge in [0.1, 0.15) is 5.82 Å². The van der Waals surface area contributed by atoms with E-state index in [1.54, 1.807) is 23.5 Å². The molecule has 1 aliphatic carbocycles. The van der Waals surface area contributed by atoms with Gasteiger partial charge in [0, 0.05) is 23.5 Å². The molecule has 144 valence electrons. The fourth-order valence-corrected chi connectivity index (χ4v) is 5.32. The van der Waals surface area contributed by atoms with Crippen molar-refractivity contribution < 1.29 is 13.7 Å². The van der Waals surface area contributed by atoms with Gasteiger partial charge in [-0.05, 0) is 55.9 Å². The number of aromatic nitrogens is 2. The van der Waals surface area contributed by atoms with E-state index in [1.165, 1.54) is 29.0 Å². The molecule has 0 radical (unpaired) electrons. The third-order valence-corrected chi connectivity index (χ3v) is 6.76. The van der Waals surface area contributed by atoms with E-state index in [9.17, 15) is 9.18 Å². The minimum absolute atomic E-state index is 0.0133. The van der Waals surface area contributed by atoms with Crippen LogP contribution in [0.5, 0.6) is 0 Å². The molecular formula is C21H20FN3O2S. The summed E-state index contributed by atoms with van der Waals surface area (Å²) in [6.07, 6.45) is 5.19. The van der Waals surface area contributed by atoms with Gasteiger partial charge in [-0.3, -0.25) is 4.79 Å². The number of halogens is 1. The van der Waals surface area contributed by atoms with Gasteiger partial charge in [0.25, 0.3) is 5.91 Å². The summed E-state index contributed by atoms with van der Waals surface area (Å²) in [5.74, 6) is 0.687. The third-order valence-electron chi connectivity index (χ3n) is 5.54. The number of rotatable bonds is 3. The molecule has 1 atom stereocenters. The van der Waals surface area contributed by atoms with Crippen LogP contribution >= 0.6 is 11.3 Å². The molecule has 3 aromatic rings. The molecule has 1 fully saturated rings. The number of hydrogen-bond acceptors (Lipinski definition) is 5. The van der Waals surface area contributed by atoms with Crippen LogP contribution in [-0.2, 0) is 12.8 Å². The lowest BCUT2D eigenvalue weighted by Crippen LogP contribution is -2.38. The summed E-state index contributed by atoms with van der Waals surface area (Å²) >= 11 is 1.65. The molecule has 1 saturated heterocycles. The first-order chi connectivity index (χ1) is 13.7. The van der Waals surface area contributed by atoms with Crippen molar-refractivity contribution in [2.24, 2.45) is 0 Å². The molecule has 3 heterocycles. The number of likely N-dealkylation sites (tertiary alicyclic amines) is 1. The molecule has 0 saturated carbocycles. The van der Waals surface area contributed by atoms with Crippen LogP contribution in [0.15, 0.2) is 34.9 Å². The van der Waals surface area contributed by atoms with Gasteiger partial charge in [0.05, 0.1) is 10.8 Å². The largest absolute Gasteiger partial charge is 0.339 e. The van der Waals surface area contributed by atoms with Crippen molar-refractivity contribution in [2.75, 3.05) is 13.1 Å². The van der Waals surface area contributed by atoms with Gasteiger partial charge in [-0.1, -0.05) is 17.3 Å². The maximum absolute atomic E-state index is 13.4. The summed E-state index contributed by atoms with van der Waals surface area (Å²) in [6, 6.07) is 8.23. The molecule has 1 aromatic carbocycles. The Labute approximate surface area is 166 Å². The fourth-order valence-electron chi connectivity index (χ4n) is 4.10. The second-order valence-corrected chi connectivity index (χ2v) is 8.61. The molecule has 7 heteroatoms. The Balaban J connectivity index is 1.32. The van der Waals surface area contributed by atoms with Crippen molar-refractivity contribution in [3.63, 3.8) is 0 Å². The normalized spacial score (nSPS) is 19.0. The maximum Gasteiger partial charge on any atom is 0.263 e. The number of aryl methyl sites for hydroxylation is 2. The maximum atomic E-state index is 13.4. The predicted octanol–water partition coefficient (Wildman–Crippen LogP) is 4.45. The average molecular weight is 397 g/mol. The molecule has 5 rings (SSSR count). The first-order valence-electron chi connectivity index (χ1n) is 9.68. The fraction of sp³-hybridized carbons (Fsp3) is 0.381. The number of nitrogens with zero attached hydrogens (tertiary/aromatic N) is 3. The molecule has 2 aliphatic rings. The van der Waals surface area contributed by atoms with Gasteiger partial charge >= 0.3 is 0 Å². The lowest BCUT2D eigenvalue weighted by Gasteiger charge is -2.30. The summed E-state index contributed by atoms with van der Waals surface area (Å²) in [5.41, 5.74) is 1.94. The van der Waals surface area contributed by atoms with Crippen molar-refractivity contribution in [2.45, 2.75) is 38.0 Å². The highest BCUT2D eigenvalue weighted by atomic mass is 32.1. The quantitative estimate of drug-likeness (QED) is 0.655. The minimum atomic E-state index is -0.332. The SMILES string of the molecule is O=C(c1cc2c(s1)CCC2)N1CCCC(c2nc(-c3cccc(F)c3)no2)C1. The molecule has 2 aromatic heterocycles. The highest BCUT2D eigenvalue weighted by molar-refractivity contribution is 7.14. The van der Waals surface area contributed by atoms with E-state index >= 15 is 0 Å². The molecule has 1 amide bonds. The second kappa shape index (κ2) is 7.13. The smallest absolute Gasteiger partial charge is 0.263 e. The average Bonchev–Trinajstić information content (AvgIpc) is 3.43. The zero-order valence-electron chi connectivity index (χ0n) is 15.4. The highest BCUT2D eigenvalue weighted by Crippen LogP contribution is 2.33. The number of piperidine rings is 1. The standard InChI is InChI=1S/C21H20FN3O2S/c22-16-7-1-5-14(10-16)19-23-20(27-24-19)15-6-3-9-25(12-15)21(26)18-11-13-4-2-8-17(13)28-18/h1,5,7,10-11,15H,2-4,6,8-9,12H2. The summed E-state index contributed by atoms with van der Waals surface area (Å²) in [7, 11) is 0. The van der Waals surface area contributed by atoms with Crippen LogP contribution < -0.4 is 0 Å². The molecule has 5 nitrogen and oxygen atoms in total. The van der Waals surface area contributed by atoms with Gasteiger partial charge in [-0.15, -0.1) is 11.3 Å². The summed E-state index contributed by atoms with van der Waals surface area (Å²) in [4.78, 5) is 21.6. The second-order valence-electron chi connectivity index (χ2n) is 7.47. The number of hydrogen-bond donors (Lipinski definition) is 0. The van der Waals surface area contributed by atoms with E-state index in [2.05, 4.69) is 16.2 Å². The Bertz CT molecular complexity index is 1010. The van der Waals surface area contributed by atoms with E-state index in [0.29, 0.717) is 23.8 Å².